The number of carbonyl (C=O) groups excluding carboxylic acids is 6. The number of oxime groups is 1. The Hall–Kier alpha value is -5.68. The number of phenolic OH excluding ortho intramolecular Hbond substituents is 2. The Morgan fingerprint density at radius 2 is 1.84 bits per heavy atom. The van der Waals surface area contributed by atoms with Crippen molar-refractivity contribution in [1.29, 1.82) is 0 Å². The number of nitrogens with one attached hydrogen (secondary N) is 2. The summed E-state index contributed by atoms with van der Waals surface area (Å²) in [5, 5.41) is 44.6. The van der Waals surface area contributed by atoms with Crippen LogP contribution in [0.3, 0.4) is 0 Å². The molecule has 1 unspecified atom stereocenters. The number of nitrogens with two attached hydrogens (primary N) is 1. The Morgan fingerprint density at radius 1 is 1.15 bits per heavy atom. The number of aryl methyl sites for hydroxylation is 1. The average Bonchev–Trinajstić information content (AvgIpc) is 3.78. The van der Waals surface area contributed by atoms with Crippen LogP contribution < -0.4 is 16.5 Å². The minimum Gasteiger partial charge on any atom is -0.504 e. The predicted molar refractivity (Wildman–Crippen MR) is 191 cm³/mol. The van der Waals surface area contributed by atoms with Crippen molar-refractivity contribution in [2.75, 3.05) is 31.9 Å². The van der Waals surface area contributed by atoms with Gasteiger partial charge in [-0.3, -0.25) is 34.3 Å². The van der Waals surface area contributed by atoms with Crippen molar-refractivity contribution in [3.63, 3.8) is 0 Å². The first kappa shape index (κ1) is 40.5. The maximum absolute atomic E-state index is 13.6. The Labute approximate surface area is 323 Å². The molecule has 1 aromatic carbocycles. The smallest absolute Gasteiger partial charge is 0.350 e. The summed E-state index contributed by atoms with van der Waals surface area (Å²) in [6.07, 6.45) is -0.911. The van der Waals surface area contributed by atoms with E-state index in [-0.39, 0.29) is 36.2 Å². The zero-order chi connectivity index (χ0) is 40.7. The highest BCUT2D eigenvalue weighted by Gasteiger charge is 2.66. The van der Waals surface area contributed by atoms with Crippen LogP contribution in [-0.2, 0) is 33.6 Å². The van der Waals surface area contributed by atoms with Gasteiger partial charge in [0.15, 0.2) is 28.1 Å². The van der Waals surface area contributed by atoms with E-state index in [1.54, 1.807) is 6.92 Å². The first-order valence-corrected chi connectivity index (χ1v) is 18.2. The lowest BCUT2D eigenvalue weighted by molar-refractivity contribution is -0.161. The molecule has 3 aliphatic heterocycles. The van der Waals surface area contributed by atoms with Crippen LogP contribution in [0, 0.1) is 12.8 Å². The van der Waals surface area contributed by atoms with Crippen LogP contribution in [0.15, 0.2) is 17.3 Å². The molecule has 2 aromatic rings. The molecule has 3 saturated heterocycles. The first-order chi connectivity index (χ1) is 25.7. The topological polar surface area (TPSA) is 312 Å². The Balaban J connectivity index is 1.21. The fraction of sp³-hybridized carbons (Fsp3) is 0.419. The molecule has 0 aliphatic carbocycles. The number of aromatic nitrogens is 1. The van der Waals surface area contributed by atoms with Gasteiger partial charge in [-0.1, -0.05) is 28.5 Å². The molecule has 3 atom stereocenters. The van der Waals surface area contributed by atoms with Crippen LogP contribution in [0.5, 0.6) is 11.5 Å². The van der Waals surface area contributed by atoms with Gasteiger partial charge in [0.1, 0.15) is 5.69 Å². The highest BCUT2D eigenvalue weighted by Crippen LogP contribution is 2.53. The second-order valence-corrected chi connectivity index (χ2v) is 15.9. The molecule has 8 N–H and O–H groups in total. The van der Waals surface area contributed by atoms with E-state index in [1.807, 2.05) is 0 Å². The normalized spacial score (nSPS) is 20.9. The van der Waals surface area contributed by atoms with Crippen molar-refractivity contribution in [3.05, 3.63) is 33.3 Å². The van der Waals surface area contributed by atoms with E-state index in [4.69, 9.17) is 22.2 Å². The van der Waals surface area contributed by atoms with Crippen LogP contribution in [0.25, 0.3) is 0 Å². The Bertz CT molecular complexity index is 2060. The van der Waals surface area contributed by atoms with Crippen LogP contribution >= 0.6 is 34.7 Å². The molecule has 24 heteroatoms. The molecule has 55 heavy (non-hydrogen) atoms. The van der Waals surface area contributed by atoms with Crippen molar-refractivity contribution in [1.82, 2.24) is 30.5 Å². The number of β-lactam (4-membered cyclic amide) rings is 1. The number of carboxylic acids is 2. The van der Waals surface area contributed by atoms with Gasteiger partial charge < -0.3 is 41.2 Å². The number of aromatic hydroxyl groups is 2. The molecule has 21 nitrogen and oxygen atoms in total. The van der Waals surface area contributed by atoms with Gasteiger partial charge in [0.05, 0.1) is 35.0 Å². The number of nitrogen functional groups attached to an aromatic ring is 1. The molecule has 4 heterocycles. The van der Waals surface area contributed by atoms with E-state index in [2.05, 4.69) is 20.9 Å². The summed E-state index contributed by atoms with van der Waals surface area (Å²) in [4.78, 5) is 112. The lowest BCUT2D eigenvalue weighted by Gasteiger charge is -2.40. The van der Waals surface area contributed by atoms with Crippen molar-refractivity contribution in [3.8, 4) is 11.5 Å². The minimum atomic E-state index is -2.00. The third-order valence-electron chi connectivity index (χ3n) is 8.76. The van der Waals surface area contributed by atoms with Crippen LogP contribution in [0.4, 0.5) is 9.93 Å². The number of fused-ring (bicyclic) bond motifs is 1. The number of thioether (sulfide) groups is 1. The fourth-order valence-corrected chi connectivity index (χ4v) is 8.34. The summed E-state index contributed by atoms with van der Waals surface area (Å²) in [6, 6.07) is 1.08. The number of carbonyl (C=O) groups is 8. The molecule has 0 saturated carbocycles. The number of aliphatic carboxylic acids is 2. The average molecular weight is 825 g/mol. The number of amides is 5. The number of ketones is 2. The summed E-state index contributed by atoms with van der Waals surface area (Å²) in [6.45, 7) is 2.87. The zero-order valence-corrected chi connectivity index (χ0v) is 31.4. The van der Waals surface area contributed by atoms with Crippen molar-refractivity contribution >= 4 is 92.8 Å². The van der Waals surface area contributed by atoms with Gasteiger partial charge in [-0.15, -0.1) is 11.3 Å². The van der Waals surface area contributed by atoms with Crippen LogP contribution in [0.2, 0.25) is 5.02 Å². The number of hydrogen-bond donors (Lipinski definition) is 7. The SMILES string of the molecule is Cc1sc(N)nc1/C(=N/OC(C)(C)C(=O)O)C(=O)CC1C(=O)N2C[C@@](C(=O)O)(N3CCN(NC(=O)CCNC(=O)C(=O)c4ccc(O)c(O)c4Cl)C3=O)S[C@H]12. The number of carboxylic acid groups (broad SMARTS) is 2. The number of nitrogens with zero attached hydrogens (tertiary/aromatic N) is 5. The molecule has 5 amide bonds. The van der Waals surface area contributed by atoms with Crippen LogP contribution in [0.1, 0.15) is 47.6 Å². The molecular weight excluding hydrogens is 792 g/mol. The fourth-order valence-electron chi connectivity index (χ4n) is 5.71. The van der Waals surface area contributed by atoms with E-state index in [0.717, 1.165) is 45.1 Å². The molecule has 5 rings (SSSR count). The number of hydrazine groups is 1. The monoisotopic (exact) mass is 824 g/mol. The first-order valence-electron chi connectivity index (χ1n) is 16.1. The summed E-state index contributed by atoms with van der Waals surface area (Å²) in [5.74, 6) is -9.73. The number of Topliss-reactive ketones (excluding diaryl/α,β-unsaturated/α-hetero) is 2. The van der Waals surface area contributed by atoms with E-state index < -0.39 is 110 Å². The zero-order valence-electron chi connectivity index (χ0n) is 29.0. The number of urea groups is 1. The number of rotatable bonds is 15. The number of thiazole rings is 1. The van der Waals surface area contributed by atoms with Gasteiger partial charge >= 0.3 is 18.0 Å². The maximum Gasteiger partial charge on any atom is 0.350 e. The maximum atomic E-state index is 13.6. The summed E-state index contributed by atoms with van der Waals surface area (Å²) in [7, 11) is 0. The van der Waals surface area contributed by atoms with E-state index >= 15 is 0 Å². The van der Waals surface area contributed by atoms with E-state index in [9.17, 15) is 58.8 Å². The molecule has 0 spiro atoms. The second-order valence-electron chi connectivity index (χ2n) is 12.9. The Morgan fingerprint density at radius 3 is 2.45 bits per heavy atom. The molecule has 0 bridgehead atoms. The molecule has 3 fully saturated rings. The predicted octanol–water partition coefficient (Wildman–Crippen LogP) is 0.112. The van der Waals surface area contributed by atoms with E-state index in [1.165, 1.54) is 18.7 Å². The largest absolute Gasteiger partial charge is 0.504 e. The number of hydrogen-bond acceptors (Lipinski definition) is 16. The second kappa shape index (κ2) is 15.2. The lowest BCUT2D eigenvalue weighted by Crippen LogP contribution is -2.60. The van der Waals surface area contributed by atoms with Gasteiger partial charge in [0.2, 0.25) is 22.3 Å². The lowest BCUT2D eigenvalue weighted by atomic mass is 9.90. The van der Waals surface area contributed by atoms with Crippen molar-refractivity contribution in [2.24, 2.45) is 11.1 Å². The van der Waals surface area contributed by atoms with Gasteiger partial charge in [-0.25, -0.2) is 24.4 Å². The third kappa shape index (κ3) is 7.66. The molecule has 294 valence electrons. The molecular formula is C31H33ClN8O13S2. The number of halogens is 1. The quantitative estimate of drug-likeness (QED) is 0.0313. The molecule has 0 radical (unpaired) electrons. The van der Waals surface area contributed by atoms with E-state index in [0.29, 0.717) is 4.88 Å². The van der Waals surface area contributed by atoms with Crippen LogP contribution in [-0.4, -0.2) is 135 Å². The van der Waals surface area contributed by atoms with Crippen molar-refractivity contribution < 1.29 is 63.6 Å². The van der Waals surface area contributed by atoms with Crippen molar-refractivity contribution in [2.45, 2.75) is 49.5 Å². The van der Waals surface area contributed by atoms with Gasteiger partial charge in [0.25, 0.3) is 11.7 Å². The Kier molecular flexibility index (Phi) is 11.2. The summed E-state index contributed by atoms with van der Waals surface area (Å²) >= 11 is 7.63. The highest BCUT2D eigenvalue weighted by molar-refractivity contribution is 8.02. The number of phenols is 2. The highest BCUT2D eigenvalue weighted by atomic mass is 35.5. The minimum absolute atomic E-state index is 0.0251. The third-order valence-corrected chi connectivity index (χ3v) is 11.7. The summed E-state index contributed by atoms with van der Waals surface area (Å²) < 4.78 is 0. The number of anilines is 1. The number of benzene rings is 1. The molecule has 3 aliphatic rings. The summed E-state index contributed by atoms with van der Waals surface area (Å²) in [5.41, 5.74) is 5.53. The standard InChI is InChI=1S/C31H33ClN8O13S2/c1-12-19(35-28(33)54-12)20(37-53-30(2,3)26(48)49)16(42)10-14-24(47)38-11-31(27(50)51,55-25(14)38)39-8-9-40(29(39)52)36-17(43)6-7-34-23(46)21(44)13-4-5-15(41)22(45)18(13)32/h4-5,14,25,41,45H,6-11H2,1-3H3,(H2,33,35)(H,34,46)(H,36,43)(H,48,49)(H,50,51)/b37-20+/t14?,25-,31-/m1/s1. The van der Waals surface area contributed by atoms with Gasteiger partial charge in [-0.2, -0.15) is 0 Å². The van der Waals surface area contributed by atoms with Gasteiger partial charge in [0, 0.05) is 30.8 Å². The van der Waals surface area contributed by atoms with Gasteiger partial charge in [-0.05, 0) is 32.9 Å². The molecule has 1 aromatic heterocycles.